The monoisotopic (exact) mass is 356 g/mol. The molecule has 0 radical (unpaired) electrons. The summed E-state index contributed by atoms with van der Waals surface area (Å²) in [6.07, 6.45) is 0.902. The highest BCUT2D eigenvalue weighted by Crippen LogP contribution is 2.16. The van der Waals surface area contributed by atoms with Gasteiger partial charge in [0.1, 0.15) is 5.82 Å². The SMILES string of the molecule is O=C(CCc1cccc(F)c1)N(CCN1CCOCC1)c1ccccc1. The van der Waals surface area contributed by atoms with E-state index in [2.05, 4.69) is 4.90 Å². The Kier molecular flexibility index (Phi) is 6.75. The second-order valence-corrected chi connectivity index (χ2v) is 6.46. The molecule has 0 N–H and O–H groups in total. The Labute approximate surface area is 154 Å². The van der Waals surface area contributed by atoms with Crippen molar-refractivity contribution in [2.24, 2.45) is 0 Å². The first kappa shape index (κ1) is 18.5. The molecule has 1 heterocycles. The number of hydrogen-bond acceptors (Lipinski definition) is 3. The van der Waals surface area contributed by atoms with Crippen molar-refractivity contribution in [2.45, 2.75) is 12.8 Å². The molecule has 26 heavy (non-hydrogen) atoms. The molecule has 0 unspecified atom stereocenters. The van der Waals surface area contributed by atoms with Gasteiger partial charge in [0.25, 0.3) is 0 Å². The number of ether oxygens (including phenoxy) is 1. The minimum absolute atomic E-state index is 0.0636. The Morgan fingerprint density at radius 1 is 1.08 bits per heavy atom. The third-order valence-electron chi connectivity index (χ3n) is 4.63. The first-order chi connectivity index (χ1) is 12.7. The van der Waals surface area contributed by atoms with Crippen molar-refractivity contribution in [1.29, 1.82) is 0 Å². The van der Waals surface area contributed by atoms with Crippen molar-refractivity contribution in [3.05, 3.63) is 66.0 Å². The van der Waals surface area contributed by atoms with Gasteiger partial charge in [-0.3, -0.25) is 9.69 Å². The minimum atomic E-state index is -0.262. The zero-order chi connectivity index (χ0) is 18.2. The number of morpholine rings is 1. The molecule has 2 aromatic carbocycles. The van der Waals surface area contributed by atoms with Crippen LogP contribution in [0, 0.1) is 5.82 Å². The molecule has 0 aromatic heterocycles. The van der Waals surface area contributed by atoms with E-state index in [9.17, 15) is 9.18 Å². The van der Waals surface area contributed by atoms with Crippen LogP contribution in [0.2, 0.25) is 0 Å². The first-order valence-corrected chi connectivity index (χ1v) is 9.12. The molecule has 0 bridgehead atoms. The summed E-state index contributed by atoms with van der Waals surface area (Å²) in [7, 11) is 0. The number of anilines is 1. The number of aryl methyl sites for hydroxylation is 1. The third-order valence-corrected chi connectivity index (χ3v) is 4.63. The number of hydrogen-bond donors (Lipinski definition) is 0. The van der Waals surface area contributed by atoms with Crippen LogP contribution >= 0.6 is 0 Å². The van der Waals surface area contributed by atoms with Crippen molar-refractivity contribution < 1.29 is 13.9 Å². The lowest BCUT2D eigenvalue weighted by Gasteiger charge is -2.30. The number of rotatable bonds is 7. The lowest BCUT2D eigenvalue weighted by molar-refractivity contribution is -0.118. The van der Waals surface area contributed by atoms with Crippen molar-refractivity contribution >= 4 is 11.6 Å². The van der Waals surface area contributed by atoms with Gasteiger partial charge in [0.2, 0.25) is 5.91 Å². The molecule has 1 amide bonds. The smallest absolute Gasteiger partial charge is 0.227 e. The maximum absolute atomic E-state index is 13.3. The van der Waals surface area contributed by atoms with E-state index >= 15 is 0 Å². The summed E-state index contributed by atoms with van der Waals surface area (Å²) in [6.45, 7) is 4.77. The molecule has 5 heteroatoms. The van der Waals surface area contributed by atoms with Gasteiger partial charge in [0.15, 0.2) is 0 Å². The van der Waals surface area contributed by atoms with E-state index in [-0.39, 0.29) is 11.7 Å². The van der Waals surface area contributed by atoms with Crippen LogP contribution in [0.25, 0.3) is 0 Å². The van der Waals surface area contributed by atoms with Gasteiger partial charge in [-0.1, -0.05) is 30.3 Å². The van der Waals surface area contributed by atoms with Gasteiger partial charge in [0, 0.05) is 38.3 Å². The van der Waals surface area contributed by atoms with Crippen molar-refractivity contribution in [1.82, 2.24) is 4.90 Å². The topological polar surface area (TPSA) is 32.8 Å². The number of nitrogens with zero attached hydrogens (tertiary/aromatic N) is 2. The molecule has 1 saturated heterocycles. The van der Waals surface area contributed by atoms with Crippen LogP contribution in [0.3, 0.4) is 0 Å². The van der Waals surface area contributed by atoms with Gasteiger partial charge in [0.05, 0.1) is 13.2 Å². The number of para-hydroxylation sites is 1. The van der Waals surface area contributed by atoms with Gasteiger partial charge < -0.3 is 9.64 Å². The summed E-state index contributed by atoms with van der Waals surface area (Å²) in [5.41, 5.74) is 1.75. The summed E-state index contributed by atoms with van der Waals surface area (Å²) in [5, 5.41) is 0. The number of halogens is 1. The second kappa shape index (κ2) is 9.46. The maximum Gasteiger partial charge on any atom is 0.227 e. The molecule has 138 valence electrons. The van der Waals surface area contributed by atoms with Crippen LogP contribution in [0.15, 0.2) is 54.6 Å². The fourth-order valence-corrected chi connectivity index (χ4v) is 3.15. The zero-order valence-electron chi connectivity index (χ0n) is 14.9. The van der Waals surface area contributed by atoms with E-state index in [4.69, 9.17) is 4.74 Å². The zero-order valence-corrected chi connectivity index (χ0v) is 14.9. The average molecular weight is 356 g/mol. The summed E-state index contributed by atoms with van der Waals surface area (Å²) in [6, 6.07) is 16.2. The Hall–Kier alpha value is -2.24. The van der Waals surface area contributed by atoms with E-state index < -0.39 is 0 Å². The normalized spacial score (nSPS) is 15.0. The van der Waals surface area contributed by atoms with Gasteiger partial charge in [-0.25, -0.2) is 4.39 Å². The predicted molar refractivity (Wildman–Crippen MR) is 101 cm³/mol. The van der Waals surface area contributed by atoms with E-state index in [0.717, 1.165) is 44.1 Å². The third kappa shape index (κ3) is 5.38. The Bertz CT molecular complexity index is 702. The molecule has 0 aliphatic carbocycles. The highest BCUT2D eigenvalue weighted by atomic mass is 19.1. The van der Waals surface area contributed by atoms with Crippen molar-refractivity contribution in [2.75, 3.05) is 44.3 Å². The molecule has 2 aromatic rings. The lowest BCUT2D eigenvalue weighted by Crippen LogP contribution is -2.43. The summed E-state index contributed by atoms with van der Waals surface area (Å²) >= 11 is 0. The largest absolute Gasteiger partial charge is 0.379 e. The molecule has 1 fully saturated rings. The lowest BCUT2D eigenvalue weighted by atomic mass is 10.1. The average Bonchev–Trinajstić information content (AvgIpc) is 2.68. The molecule has 1 aliphatic rings. The minimum Gasteiger partial charge on any atom is -0.379 e. The fraction of sp³-hybridized carbons (Fsp3) is 0.381. The van der Waals surface area contributed by atoms with E-state index in [1.165, 1.54) is 12.1 Å². The van der Waals surface area contributed by atoms with Gasteiger partial charge >= 0.3 is 0 Å². The van der Waals surface area contributed by atoms with Crippen LogP contribution in [0.5, 0.6) is 0 Å². The number of carbonyl (C=O) groups is 1. The quantitative estimate of drug-likeness (QED) is 0.764. The standard InChI is InChI=1S/C21H25FN2O2/c22-19-6-4-5-18(17-19)9-10-21(25)24(20-7-2-1-3-8-20)12-11-23-13-15-26-16-14-23/h1-8,17H,9-16H2. The number of carbonyl (C=O) groups excluding carboxylic acids is 1. The molecule has 0 spiro atoms. The molecule has 0 atom stereocenters. The Morgan fingerprint density at radius 3 is 2.58 bits per heavy atom. The molecule has 0 saturated carbocycles. The summed E-state index contributed by atoms with van der Waals surface area (Å²) < 4.78 is 18.7. The molecule has 3 rings (SSSR count). The fourth-order valence-electron chi connectivity index (χ4n) is 3.15. The van der Waals surface area contributed by atoms with Crippen LogP contribution in [-0.2, 0) is 16.0 Å². The number of benzene rings is 2. The summed E-state index contributed by atoms with van der Waals surface area (Å²) in [5.74, 6) is -0.198. The molecule has 1 aliphatic heterocycles. The van der Waals surface area contributed by atoms with Crippen LogP contribution in [0.1, 0.15) is 12.0 Å². The summed E-state index contributed by atoms with van der Waals surface area (Å²) in [4.78, 5) is 17.0. The van der Waals surface area contributed by atoms with E-state index in [1.54, 1.807) is 6.07 Å². The van der Waals surface area contributed by atoms with Crippen molar-refractivity contribution in [3.63, 3.8) is 0 Å². The highest BCUT2D eigenvalue weighted by Gasteiger charge is 2.18. The number of amides is 1. The first-order valence-electron chi connectivity index (χ1n) is 9.12. The molecular weight excluding hydrogens is 331 g/mol. The highest BCUT2D eigenvalue weighted by molar-refractivity contribution is 5.93. The second-order valence-electron chi connectivity index (χ2n) is 6.46. The van der Waals surface area contributed by atoms with Gasteiger partial charge in [-0.05, 0) is 36.2 Å². The van der Waals surface area contributed by atoms with Crippen LogP contribution in [-0.4, -0.2) is 50.2 Å². The van der Waals surface area contributed by atoms with Crippen molar-refractivity contribution in [3.8, 4) is 0 Å². The maximum atomic E-state index is 13.3. The Balaban J connectivity index is 1.62. The predicted octanol–water partition coefficient (Wildman–Crippen LogP) is 3.12. The van der Waals surface area contributed by atoms with Crippen LogP contribution in [0.4, 0.5) is 10.1 Å². The van der Waals surface area contributed by atoms with E-state index in [0.29, 0.717) is 19.4 Å². The van der Waals surface area contributed by atoms with E-state index in [1.807, 2.05) is 41.3 Å². The molecule has 4 nitrogen and oxygen atoms in total. The van der Waals surface area contributed by atoms with Gasteiger partial charge in [-0.2, -0.15) is 0 Å². The molecular formula is C21H25FN2O2. The van der Waals surface area contributed by atoms with Crippen LogP contribution < -0.4 is 4.90 Å². The van der Waals surface area contributed by atoms with Gasteiger partial charge in [-0.15, -0.1) is 0 Å². The Morgan fingerprint density at radius 2 is 1.85 bits per heavy atom.